The maximum atomic E-state index is 11.7. The van der Waals surface area contributed by atoms with E-state index in [1.165, 1.54) is 5.56 Å². The number of hydrogen-bond donors (Lipinski definition) is 2. The molecule has 0 radical (unpaired) electrons. The lowest BCUT2D eigenvalue weighted by Gasteiger charge is -2.27. The predicted octanol–water partition coefficient (Wildman–Crippen LogP) is 0.395. The van der Waals surface area contributed by atoms with Gasteiger partial charge in [0.1, 0.15) is 5.75 Å². The Kier molecular flexibility index (Phi) is 5.83. The smallest absolute Gasteiger partial charge is 0.257 e. The third-order valence-electron chi connectivity index (χ3n) is 3.35. The first-order chi connectivity index (χ1) is 9.74. The Hall–Kier alpha value is -1.59. The monoisotopic (exact) mass is 277 g/mol. The Morgan fingerprint density at radius 2 is 2.00 bits per heavy atom. The third kappa shape index (κ3) is 5.19. The zero-order chi connectivity index (χ0) is 14.2. The van der Waals surface area contributed by atoms with Crippen LogP contribution in [0.4, 0.5) is 0 Å². The normalized spacial score (nSPS) is 15.8. The molecule has 0 saturated carbocycles. The molecule has 1 saturated heterocycles. The molecule has 110 valence electrons. The van der Waals surface area contributed by atoms with Crippen molar-refractivity contribution in [2.24, 2.45) is 0 Å². The third-order valence-corrected chi connectivity index (χ3v) is 3.35. The van der Waals surface area contributed by atoms with Crippen LogP contribution in [0.15, 0.2) is 24.3 Å². The van der Waals surface area contributed by atoms with Gasteiger partial charge < -0.3 is 15.4 Å². The van der Waals surface area contributed by atoms with Crippen molar-refractivity contribution in [3.05, 3.63) is 29.8 Å². The van der Waals surface area contributed by atoms with Crippen molar-refractivity contribution in [3.8, 4) is 5.75 Å². The summed E-state index contributed by atoms with van der Waals surface area (Å²) in [4.78, 5) is 14.0. The van der Waals surface area contributed by atoms with E-state index >= 15 is 0 Å². The topological polar surface area (TPSA) is 53.6 Å². The van der Waals surface area contributed by atoms with Crippen molar-refractivity contribution in [2.45, 2.75) is 6.92 Å². The highest BCUT2D eigenvalue weighted by Gasteiger charge is 2.09. The van der Waals surface area contributed by atoms with Gasteiger partial charge in [-0.3, -0.25) is 9.69 Å². The minimum Gasteiger partial charge on any atom is -0.484 e. The van der Waals surface area contributed by atoms with Crippen LogP contribution >= 0.6 is 0 Å². The summed E-state index contributed by atoms with van der Waals surface area (Å²) in [6, 6.07) is 7.70. The summed E-state index contributed by atoms with van der Waals surface area (Å²) in [5.41, 5.74) is 1.18. The van der Waals surface area contributed by atoms with Crippen LogP contribution in [0.25, 0.3) is 0 Å². The van der Waals surface area contributed by atoms with Gasteiger partial charge in [-0.15, -0.1) is 0 Å². The van der Waals surface area contributed by atoms with Crippen LogP contribution in [0.5, 0.6) is 5.75 Å². The highest BCUT2D eigenvalue weighted by molar-refractivity contribution is 5.77. The van der Waals surface area contributed by atoms with E-state index in [1.54, 1.807) is 0 Å². The number of carbonyl (C=O) groups is 1. The molecule has 1 amide bonds. The van der Waals surface area contributed by atoms with E-state index in [1.807, 2.05) is 31.2 Å². The standard InChI is InChI=1S/C15H23N3O2/c1-13-2-4-14(5-3-13)20-12-15(19)17-8-11-18-9-6-16-7-10-18/h2-5,16H,6-12H2,1H3,(H,17,19). The molecule has 1 aliphatic heterocycles. The first-order valence-corrected chi connectivity index (χ1v) is 7.13. The van der Waals surface area contributed by atoms with E-state index in [0.29, 0.717) is 6.54 Å². The second kappa shape index (κ2) is 7.87. The van der Waals surface area contributed by atoms with Gasteiger partial charge in [-0.2, -0.15) is 0 Å². The number of rotatable bonds is 6. The highest BCUT2D eigenvalue weighted by Crippen LogP contribution is 2.10. The molecule has 0 aliphatic carbocycles. The molecule has 1 heterocycles. The lowest BCUT2D eigenvalue weighted by atomic mass is 10.2. The Bertz CT molecular complexity index is 414. The fraction of sp³-hybridized carbons (Fsp3) is 0.533. The lowest BCUT2D eigenvalue weighted by molar-refractivity contribution is -0.123. The zero-order valence-corrected chi connectivity index (χ0v) is 12.0. The molecule has 20 heavy (non-hydrogen) atoms. The van der Waals surface area contributed by atoms with Crippen molar-refractivity contribution < 1.29 is 9.53 Å². The van der Waals surface area contributed by atoms with Crippen molar-refractivity contribution in [3.63, 3.8) is 0 Å². The average Bonchev–Trinajstić information content (AvgIpc) is 2.48. The SMILES string of the molecule is Cc1ccc(OCC(=O)NCCN2CCNCC2)cc1. The maximum absolute atomic E-state index is 11.7. The van der Waals surface area contributed by atoms with Crippen molar-refractivity contribution in [1.82, 2.24) is 15.5 Å². The summed E-state index contributed by atoms with van der Waals surface area (Å²) in [6.07, 6.45) is 0. The molecular formula is C15H23N3O2. The Balaban J connectivity index is 1.59. The number of nitrogens with one attached hydrogen (secondary N) is 2. The molecule has 1 fully saturated rings. The van der Waals surface area contributed by atoms with Crippen LogP contribution in [-0.2, 0) is 4.79 Å². The Labute approximate surface area is 120 Å². The fourth-order valence-electron chi connectivity index (χ4n) is 2.12. The van der Waals surface area contributed by atoms with Crippen LogP contribution in [0.2, 0.25) is 0 Å². The van der Waals surface area contributed by atoms with E-state index in [0.717, 1.165) is 38.5 Å². The number of piperazine rings is 1. The second-order valence-corrected chi connectivity index (χ2v) is 5.04. The minimum atomic E-state index is -0.0688. The predicted molar refractivity (Wildman–Crippen MR) is 79.0 cm³/mol. The molecule has 5 nitrogen and oxygen atoms in total. The number of benzene rings is 1. The summed E-state index contributed by atoms with van der Waals surface area (Å²) in [5.74, 6) is 0.661. The molecule has 5 heteroatoms. The second-order valence-electron chi connectivity index (χ2n) is 5.04. The van der Waals surface area contributed by atoms with Crippen molar-refractivity contribution in [1.29, 1.82) is 0 Å². The molecule has 1 aliphatic rings. The fourth-order valence-corrected chi connectivity index (χ4v) is 2.12. The Morgan fingerprint density at radius 3 is 2.70 bits per heavy atom. The molecule has 2 N–H and O–H groups in total. The number of aryl methyl sites for hydroxylation is 1. The largest absolute Gasteiger partial charge is 0.484 e. The number of ether oxygens (including phenoxy) is 1. The van der Waals surface area contributed by atoms with Crippen LogP contribution in [-0.4, -0.2) is 56.7 Å². The van der Waals surface area contributed by atoms with Crippen LogP contribution in [0.1, 0.15) is 5.56 Å². The summed E-state index contributed by atoms with van der Waals surface area (Å²) in [5, 5.41) is 6.19. The molecular weight excluding hydrogens is 254 g/mol. The van der Waals surface area contributed by atoms with Gasteiger partial charge in [0.15, 0.2) is 6.61 Å². The van der Waals surface area contributed by atoms with Gasteiger partial charge >= 0.3 is 0 Å². The average molecular weight is 277 g/mol. The molecule has 0 bridgehead atoms. The molecule has 0 aromatic heterocycles. The minimum absolute atomic E-state index is 0.0688. The van der Waals surface area contributed by atoms with Crippen LogP contribution in [0, 0.1) is 6.92 Å². The summed E-state index contributed by atoms with van der Waals surface area (Å²) < 4.78 is 5.43. The number of nitrogens with zero attached hydrogens (tertiary/aromatic N) is 1. The molecule has 1 aromatic rings. The van der Waals surface area contributed by atoms with E-state index in [9.17, 15) is 4.79 Å². The lowest BCUT2D eigenvalue weighted by Crippen LogP contribution is -2.46. The van der Waals surface area contributed by atoms with Crippen LogP contribution < -0.4 is 15.4 Å². The van der Waals surface area contributed by atoms with Gasteiger partial charge in [0.2, 0.25) is 0 Å². The first-order valence-electron chi connectivity index (χ1n) is 7.13. The van der Waals surface area contributed by atoms with Gasteiger partial charge in [0.25, 0.3) is 5.91 Å². The first kappa shape index (κ1) is 14.8. The van der Waals surface area contributed by atoms with Gasteiger partial charge in [-0.25, -0.2) is 0 Å². The van der Waals surface area contributed by atoms with Gasteiger partial charge in [-0.05, 0) is 19.1 Å². The maximum Gasteiger partial charge on any atom is 0.257 e. The molecule has 1 aromatic carbocycles. The molecule has 2 rings (SSSR count). The van der Waals surface area contributed by atoms with Crippen molar-refractivity contribution >= 4 is 5.91 Å². The van der Waals surface area contributed by atoms with Gasteiger partial charge in [0, 0.05) is 39.3 Å². The molecule has 0 unspecified atom stereocenters. The number of hydrogen-bond acceptors (Lipinski definition) is 4. The van der Waals surface area contributed by atoms with Crippen molar-refractivity contribution in [2.75, 3.05) is 45.9 Å². The highest BCUT2D eigenvalue weighted by atomic mass is 16.5. The molecule has 0 spiro atoms. The van der Waals surface area contributed by atoms with Crippen LogP contribution in [0.3, 0.4) is 0 Å². The van der Waals surface area contributed by atoms with E-state index in [2.05, 4.69) is 15.5 Å². The van der Waals surface area contributed by atoms with Gasteiger partial charge in [-0.1, -0.05) is 17.7 Å². The van der Waals surface area contributed by atoms with E-state index in [4.69, 9.17) is 4.74 Å². The van der Waals surface area contributed by atoms with E-state index < -0.39 is 0 Å². The summed E-state index contributed by atoms with van der Waals surface area (Å²) in [6.45, 7) is 7.84. The van der Waals surface area contributed by atoms with E-state index in [-0.39, 0.29) is 12.5 Å². The van der Waals surface area contributed by atoms with Gasteiger partial charge in [0.05, 0.1) is 0 Å². The zero-order valence-electron chi connectivity index (χ0n) is 12.0. The molecule has 0 atom stereocenters. The number of amides is 1. The quantitative estimate of drug-likeness (QED) is 0.790. The number of carbonyl (C=O) groups excluding carboxylic acids is 1. The summed E-state index contributed by atoms with van der Waals surface area (Å²) >= 11 is 0. The summed E-state index contributed by atoms with van der Waals surface area (Å²) in [7, 11) is 0. The Morgan fingerprint density at radius 1 is 1.30 bits per heavy atom.